The molecule has 0 aliphatic carbocycles. The van der Waals surface area contributed by atoms with Crippen molar-refractivity contribution >= 4 is 19.8 Å². The first-order valence-electron chi connectivity index (χ1n) is 20.8. The monoisotopic (exact) mass is 768 g/mol. The van der Waals surface area contributed by atoms with Crippen LogP contribution in [-0.4, -0.2) is 70.0 Å². The molecule has 0 saturated carbocycles. The molecule has 2 atom stereocenters. The molecule has 0 heterocycles. The molecule has 308 valence electrons. The van der Waals surface area contributed by atoms with Gasteiger partial charge in [0, 0.05) is 12.8 Å². The van der Waals surface area contributed by atoms with Crippen molar-refractivity contribution in [2.45, 2.75) is 168 Å². The number of phosphoric ester groups is 1. The zero-order valence-electron chi connectivity index (χ0n) is 34.4. The van der Waals surface area contributed by atoms with Crippen molar-refractivity contribution in [3.63, 3.8) is 0 Å². The van der Waals surface area contributed by atoms with Crippen molar-refractivity contribution in [2.24, 2.45) is 0 Å². The van der Waals surface area contributed by atoms with Crippen LogP contribution in [0.5, 0.6) is 0 Å². The van der Waals surface area contributed by atoms with Gasteiger partial charge in [-0.25, -0.2) is 0 Å². The number of allylic oxidation sites excluding steroid dienone is 8. The molecule has 9 nitrogen and oxygen atoms in total. The van der Waals surface area contributed by atoms with Gasteiger partial charge in [-0.05, 0) is 70.6 Å². The van der Waals surface area contributed by atoms with Gasteiger partial charge in [0.2, 0.25) is 0 Å². The predicted octanol–water partition coefficient (Wildman–Crippen LogP) is 10.9. The second-order valence-electron chi connectivity index (χ2n) is 15.0. The van der Waals surface area contributed by atoms with Crippen LogP contribution in [0.25, 0.3) is 0 Å². The third-order valence-corrected chi connectivity index (χ3v) is 9.55. The fourth-order valence-electron chi connectivity index (χ4n) is 5.31. The third-order valence-electron chi connectivity index (χ3n) is 8.58. The molecule has 0 spiro atoms. The smallest absolute Gasteiger partial charge is 0.306 e. The molecular formula is C43H78NO8P. The molecule has 10 heteroatoms. The Morgan fingerprint density at radius 2 is 1.08 bits per heavy atom. The van der Waals surface area contributed by atoms with Crippen molar-refractivity contribution in [1.82, 2.24) is 0 Å². The third kappa shape index (κ3) is 39.5. The second-order valence-corrected chi connectivity index (χ2v) is 16.4. The quantitative estimate of drug-likeness (QED) is 0.0202. The molecule has 0 N–H and O–H groups in total. The van der Waals surface area contributed by atoms with Crippen LogP contribution in [0.4, 0.5) is 0 Å². The van der Waals surface area contributed by atoms with Crippen LogP contribution < -0.4 is 4.89 Å². The minimum Gasteiger partial charge on any atom is -0.756 e. The van der Waals surface area contributed by atoms with Gasteiger partial charge in [-0.1, -0.05) is 127 Å². The van der Waals surface area contributed by atoms with E-state index in [0.29, 0.717) is 23.9 Å². The number of likely N-dealkylation sites (N-methyl/N-ethyl adjacent to an activating group) is 1. The SMILES string of the molecule is CC/C=C\C/C=C\C/C=C\CCCCCCCC(=O)O[C@H](COC(=O)CCCCCCC/C=C\CCCCCCC)COP(=O)([O-])OCC[N+](C)(C)C. The van der Waals surface area contributed by atoms with E-state index >= 15 is 0 Å². The highest BCUT2D eigenvalue weighted by atomic mass is 31.2. The normalized spacial score (nSPS) is 14.2. The minimum atomic E-state index is -4.63. The number of hydrogen-bond donors (Lipinski definition) is 0. The molecular weight excluding hydrogens is 689 g/mol. The number of quaternary nitrogens is 1. The van der Waals surface area contributed by atoms with E-state index in [1.165, 1.54) is 38.5 Å². The molecule has 0 aromatic rings. The number of nitrogens with zero attached hydrogens (tertiary/aromatic N) is 1. The summed E-state index contributed by atoms with van der Waals surface area (Å²) in [5.41, 5.74) is 0. The average Bonchev–Trinajstić information content (AvgIpc) is 3.10. The molecule has 0 fully saturated rings. The zero-order chi connectivity index (χ0) is 39.3. The van der Waals surface area contributed by atoms with Crippen molar-refractivity contribution in [3.8, 4) is 0 Å². The summed E-state index contributed by atoms with van der Waals surface area (Å²) in [5.74, 6) is -0.868. The fraction of sp³-hybridized carbons (Fsp3) is 0.767. The first-order valence-corrected chi connectivity index (χ1v) is 22.3. The number of hydrogen-bond acceptors (Lipinski definition) is 8. The van der Waals surface area contributed by atoms with Gasteiger partial charge in [-0.2, -0.15) is 0 Å². The number of carbonyl (C=O) groups excluding carboxylic acids is 2. The fourth-order valence-corrected chi connectivity index (χ4v) is 6.04. The van der Waals surface area contributed by atoms with Crippen molar-refractivity contribution < 1.29 is 42.1 Å². The Kier molecular flexibility index (Phi) is 34.3. The molecule has 0 saturated heterocycles. The van der Waals surface area contributed by atoms with E-state index in [9.17, 15) is 19.0 Å². The second kappa shape index (κ2) is 35.7. The molecule has 0 rings (SSSR count). The van der Waals surface area contributed by atoms with Gasteiger partial charge in [0.05, 0.1) is 27.7 Å². The molecule has 0 aliphatic heterocycles. The topological polar surface area (TPSA) is 111 Å². The highest BCUT2D eigenvalue weighted by Gasteiger charge is 2.21. The van der Waals surface area contributed by atoms with Crippen molar-refractivity contribution in [3.05, 3.63) is 48.6 Å². The summed E-state index contributed by atoms with van der Waals surface area (Å²) in [6, 6.07) is 0. The van der Waals surface area contributed by atoms with E-state index < -0.39 is 32.5 Å². The Hall–Kier alpha value is -2.03. The van der Waals surface area contributed by atoms with E-state index in [0.717, 1.165) is 83.5 Å². The van der Waals surface area contributed by atoms with Crippen LogP contribution in [0.2, 0.25) is 0 Å². The molecule has 0 radical (unpaired) electrons. The Labute approximate surface area is 324 Å². The first kappa shape index (κ1) is 51.0. The lowest BCUT2D eigenvalue weighted by molar-refractivity contribution is -0.870. The van der Waals surface area contributed by atoms with Crippen molar-refractivity contribution in [1.29, 1.82) is 0 Å². The molecule has 53 heavy (non-hydrogen) atoms. The van der Waals surface area contributed by atoms with E-state index in [-0.39, 0.29) is 26.1 Å². The summed E-state index contributed by atoms with van der Waals surface area (Å²) >= 11 is 0. The van der Waals surface area contributed by atoms with Gasteiger partial charge < -0.3 is 27.9 Å². The Morgan fingerprint density at radius 3 is 1.62 bits per heavy atom. The zero-order valence-corrected chi connectivity index (χ0v) is 35.3. The van der Waals surface area contributed by atoms with Gasteiger partial charge in [0.15, 0.2) is 6.10 Å². The first-order chi connectivity index (χ1) is 25.5. The highest BCUT2D eigenvalue weighted by molar-refractivity contribution is 7.45. The maximum absolute atomic E-state index is 12.6. The van der Waals surface area contributed by atoms with Gasteiger partial charge in [-0.3, -0.25) is 14.2 Å². The molecule has 0 bridgehead atoms. The van der Waals surface area contributed by atoms with E-state index in [2.05, 4.69) is 62.5 Å². The lowest BCUT2D eigenvalue weighted by Crippen LogP contribution is -2.37. The standard InChI is InChI=1S/C43H78NO8P/c1-6-8-10-12-14-16-18-20-22-24-26-28-30-32-34-36-43(46)52-41(40-51-53(47,48)50-38-37-44(3,4)5)39-49-42(45)35-33-31-29-27-25-23-21-19-17-15-13-11-9-7-2/h8,10,14,16,19-22,41H,6-7,9,11-13,15,17-18,23-40H2,1-5H3/b10-8-,16-14-,21-19-,22-20-/t41-/m1/s1. The minimum absolute atomic E-state index is 0.0373. The Bertz CT molecular complexity index is 1050. The largest absolute Gasteiger partial charge is 0.756 e. The van der Waals surface area contributed by atoms with Crippen LogP contribution in [0.1, 0.15) is 162 Å². The molecule has 0 amide bonds. The summed E-state index contributed by atoms with van der Waals surface area (Å²) < 4.78 is 33.8. The van der Waals surface area contributed by atoms with Crippen LogP contribution >= 0.6 is 7.82 Å². The lowest BCUT2D eigenvalue weighted by Gasteiger charge is -2.28. The van der Waals surface area contributed by atoms with Crippen molar-refractivity contribution in [2.75, 3.05) is 47.5 Å². The summed E-state index contributed by atoms with van der Waals surface area (Å²) in [7, 11) is 1.14. The lowest BCUT2D eigenvalue weighted by atomic mass is 10.1. The molecule has 1 unspecified atom stereocenters. The van der Waals surface area contributed by atoms with Gasteiger partial charge in [0.1, 0.15) is 19.8 Å². The summed E-state index contributed by atoms with van der Waals surface area (Å²) in [5, 5.41) is 0. The molecule has 0 aliphatic rings. The highest BCUT2D eigenvalue weighted by Crippen LogP contribution is 2.38. The summed E-state index contributed by atoms with van der Waals surface area (Å²) in [6.45, 7) is 4.06. The van der Waals surface area contributed by atoms with Crippen LogP contribution in [-0.2, 0) is 32.7 Å². The maximum Gasteiger partial charge on any atom is 0.306 e. The number of phosphoric acid groups is 1. The maximum atomic E-state index is 12.6. The summed E-state index contributed by atoms with van der Waals surface area (Å²) in [4.78, 5) is 37.4. The van der Waals surface area contributed by atoms with Gasteiger partial charge in [0.25, 0.3) is 7.82 Å². The number of ether oxygens (including phenoxy) is 2. The number of esters is 2. The van der Waals surface area contributed by atoms with Crippen LogP contribution in [0.3, 0.4) is 0 Å². The number of carbonyl (C=O) groups is 2. The Balaban J connectivity index is 4.44. The molecule has 0 aromatic heterocycles. The number of unbranched alkanes of at least 4 members (excludes halogenated alkanes) is 15. The summed E-state index contributed by atoms with van der Waals surface area (Å²) in [6.07, 6.45) is 39.9. The van der Waals surface area contributed by atoms with Gasteiger partial charge >= 0.3 is 11.9 Å². The van der Waals surface area contributed by atoms with Gasteiger partial charge in [-0.15, -0.1) is 0 Å². The van der Waals surface area contributed by atoms with E-state index in [1.807, 2.05) is 21.1 Å². The average molecular weight is 768 g/mol. The Morgan fingerprint density at radius 1 is 0.604 bits per heavy atom. The predicted molar refractivity (Wildman–Crippen MR) is 217 cm³/mol. The molecule has 0 aromatic carbocycles. The van der Waals surface area contributed by atoms with E-state index in [1.54, 1.807) is 0 Å². The van der Waals surface area contributed by atoms with E-state index in [4.69, 9.17) is 18.5 Å². The number of rotatable bonds is 37. The van der Waals surface area contributed by atoms with Crippen LogP contribution in [0.15, 0.2) is 48.6 Å². The van der Waals surface area contributed by atoms with Crippen LogP contribution in [0, 0.1) is 0 Å².